The first-order chi connectivity index (χ1) is 9.00. The number of carboxylic acids is 1. The van der Waals surface area contributed by atoms with Gasteiger partial charge in [-0.05, 0) is 19.1 Å². The van der Waals surface area contributed by atoms with Crippen molar-refractivity contribution in [3.63, 3.8) is 0 Å². The smallest absolute Gasteiger partial charge is 0.326 e. The van der Waals surface area contributed by atoms with E-state index in [9.17, 15) is 9.59 Å². The molecule has 6 nitrogen and oxygen atoms in total. The van der Waals surface area contributed by atoms with Gasteiger partial charge in [0, 0.05) is 7.05 Å². The van der Waals surface area contributed by atoms with Gasteiger partial charge < -0.3 is 19.5 Å². The zero-order valence-corrected chi connectivity index (χ0v) is 10.7. The molecule has 0 aliphatic carbocycles. The maximum Gasteiger partial charge on any atom is 0.326 e. The van der Waals surface area contributed by atoms with Gasteiger partial charge in [-0.3, -0.25) is 4.79 Å². The molecule has 19 heavy (non-hydrogen) atoms. The van der Waals surface area contributed by atoms with E-state index in [4.69, 9.17) is 14.6 Å². The minimum absolute atomic E-state index is 0.0759. The normalized spacial score (nSPS) is 18.5. The van der Waals surface area contributed by atoms with Gasteiger partial charge in [0.25, 0.3) is 5.91 Å². The van der Waals surface area contributed by atoms with Crippen LogP contribution in [0.2, 0.25) is 0 Å². The highest BCUT2D eigenvalue weighted by atomic mass is 16.6. The number of hydrogen-bond acceptors (Lipinski definition) is 4. The summed E-state index contributed by atoms with van der Waals surface area (Å²) in [7, 11) is 1.44. The fourth-order valence-electron chi connectivity index (χ4n) is 1.72. The molecule has 0 bridgehead atoms. The molecule has 6 heteroatoms. The lowest BCUT2D eigenvalue weighted by molar-refractivity contribution is -0.152. The Bertz CT molecular complexity index is 502. The number of hydrogen-bond donors (Lipinski definition) is 1. The summed E-state index contributed by atoms with van der Waals surface area (Å²) in [5.41, 5.74) is 0. The number of ether oxygens (including phenoxy) is 2. The van der Waals surface area contributed by atoms with E-state index in [0.717, 1.165) is 4.90 Å². The van der Waals surface area contributed by atoms with Crippen LogP contribution in [0.3, 0.4) is 0 Å². The standard InChI is InChI=1S/C13H15NO5/c1-8(13(16)17)14(2)12(15)11-7-18-9-5-3-4-6-10(9)19-11/h3-6,8,11H,7H2,1-2H3,(H,16,17). The van der Waals surface area contributed by atoms with Gasteiger partial charge in [-0.25, -0.2) is 4.79 Å². The van der Waals surface area contributed by atoms with Crippen molar-refractivity contribution >= 4 is 11.9 Å². The third kappa shape index (κ3) is 2.62. The second-order valence-electron chi connectivity index (χ2n) is 4.33. The predicted molar refractivity (Wildman–Crippen MR) is 66.2 cm³/mol. The molecule has 2 unspecified atom stereocenters. The largest absolute Gasteiger partial charge is 0.485 e. The van der Waals surface area contributed by atoms with Crippen LogP contribution in [-0.2, 0) is 9.59 Å². The maximum atomic E-state index is 12.1. The van der Waals surface area contributed by atoms with Crippen molar-refractivity contribution in [3.8, 4) is 11.5 Å². The SMILES string of the molecule is CC(C(=O)O)N(C)C(=O)C1COc2ccccc2O1. The highest BCUT2D eigenvalue weighted by molar-refractivity contribution is 5.86. The van der Waals surface area contributed by atoms with Crippen molar-refractivity contribution < 1.29 is 24.2 Å². The lowest BCUT2D eigenvalue weighted by atomic mass is 10.2. The number of amides is 1. The number of likely N-dealkylation sites (N-methyl/N-ethyl adjacent to an activating group) is 1. The van der Waals surface area contributed by atoms with Crippen LogP contribution in [0.15, 0.2) is 24.3 Å². The molecular weight excluding hydrogens is 250 g/mol. The molecule has 1 aliphatic heterocycles. The molecule has 0 fully saturated rings. The first kappa shape index (κ1) is 13.2. The number of nitrogens with zero attached hydrogens (tertiary/aromatic N) is 1. The number of carbonyl (C=O) groups excluding carboxylic acids is 1. The monoisotopic (exact) mass is 265 g/mol. The summed E-state index contributed by atoms with van der Waals surface area (Å²) in [4.78, 5) is 24.1. The van der Waals surface area contributed by atoms with Crippen molar-refractivity contribution in [1.82, 2.24) is 4.90 Å². The van der Waals surface area contributed by atoms with E-state index < -0.39 is 24.0 Å². The highest BCUT2D eigenvalue weighted by Gasteiger charge is 2.33. The molecule has 0 saturated heterocycles. The summed E-state index contributed by atoms with van der Waals surface area (Å²) >= 11 is 0. The Labute approximate surface area is 110 Å². The van der Waals surface area contributed by atoms with Crippen LogP contribution < -0.4 is 9.47 Å². The molecule has 2 rings (SSSR count). The van der Waals surface area contributed by atoms with E-state index in [1.165, 1.54) is 14.0 Å². The molecule has 0 aromatic heterocycles. The van der Waals surface area contributed by atoms with Crippen molar-refractivity contribution in [1.29, 1.82) is 0 Å². The first-order valence-electron chi connectivity index (χ1n) is 5.88. The minimum atomic E-state index is -1.06. The van der Waals surface area contributed by atoms with E-state index in [1.807, 2.05) is 6.07 Å². The lowest BCUT2D eigenvalue weighted by Gasteiger charge is -2.30. The number of fused-ring (bicyclic) bond motifs is 1. The zero-order valence-electron chi connectivity index (χ0n) is 10.7. The predicted octanol–water partition coefficient (Wildman–Crippen LogP) is 0.758. The Morgan fingerprint density at radius 2 is 2.00 bits per heavy atom. The quantitative estimate of drug-likeness (QED) is 0.873. The summed E-state index contributed by atoms with van der Waals surface area (Å²) in [5, 5.41) is 8.89. The molecular formula is C13H15NO5. The highest BCUT2D eigenvalue weighted by Crippen LogP contribution is 2.31. The van der Waals surface area contributed by atoms with Crippen molar-refractivity contribution in [2.45, 2.75) is 19.1 Å². The number of benzene rings is 1. The van der Waals surface area contributed by atoms with Crippen LogP contribution in [0.1, 0.15) is 6.92 Å². The Balaban J connectivity index is 2.08. The Hall–Kier alpha value is -2.24. The van der Waals surface area contributed by atoms with Crippen LogP contribution in [0.4, 0.5) is 0 Å². The fraction of sp³-hybridized carbons (Fsp3) is 0.385. The fourth-order valence-corrected chi connectivity index (χ4v) is 1.72. The Kier molecular flexibility index (Phi) is 3.59. The third-order valence-corrected chi connectivity index (χ3v) is 3.07. The maximum absolute atomic E-state index is 12.1. The van der Waals surface area contributed by atoms with E-state index in [2.05, 4.69) is 0 Å². The molecule has 0 saturated carbocycles. The molecule has 102 valence electrons. The van der Waals surface area contributed by atoms with Gasteiger partial charge in [-0.1, -0.05) is 12.1 Å². The zero-order chi connectivity index (χ0) is 14.0. The van der Waals surface area contributed by atoms with Crippen LogP contribution >= 0.6 is 0 Å². The Morgan fingerprint density at radius 3 is 2.63 bits per heavy atom. The third-order valence-electron chi connectivity index (χ3n) is 3.07. The molecule has 0 spiro atoms. The van der Waals surface area contributed by atoms with Crippen molar-refractivity contribution in [3.05, 3.63) is 24.3 Å². The van der Waals surface area contributed by atoms with Gasteiger partial charge in [-0.15, -0.1) is 0 Å². The van der Waals surface area contributed by atoms with Gasteiger partial charge in [0.05, 0.1) is 0 Å². The number of rotatable bonds is 3. The van der Waals surface area contributed by atoms with Crippen LogP contribution in [0, 0.1) is 0 Å². The number of para-hydroxylation sites is 2. The van der Waals surface area contributed by atoms with E-state index in [1.54, 1.807) is 18.2 Å². The number of carbonyl (C=O) groups is 2. The van der Waals surface area contributed by atoms with E-state index >= 15 is 0 Å². The molecule has 1 aromatic carbocycles. The number of carboxylic acid groups (broad SMARTS) is 1. The topological polar surface area (TPSA) is 76.1 Å². The number of aliphatic carboxylic acids is 1. The van der Waals surface area contributed by atoms with E-state index in [0.29, 0.717) is 11.5 Å². The van der Waals surface area contributed by atoms with Crippen molar-refractivity contribution in [2.24, 2.45) is 0 Å². The summed E-state index contributed by atoms with van der Waals surface area (Å²) in [6.07, 6.45) is -0.818. The van der Waals surface area contributed by atoms with Gasteiger partial charge in [-0.2, -0.15) is 0 Å². The molecule has 0 radical (unpaired) electrons. The second kappa shape index (κ2) is 5.17. The van der Waals surface area contributed by atoms with Gasteiger partial charge in [0.15, 0.2) is 11.5 Å². The van der Waals surface area contributed by atoms with Crippen LogP contribution in [0.5, 0.6) is 11.5 Å². The van der Waals surface area contributed by atoms with Crippen molar-refractivity contribution in [2.75, 3.05) is 13.7 Å². The lowest BCUT2D eigenvalue weighted by Crippen LogP contribution is -2.49. The Morgan fingerprint density at radius 1 is 1.37 bits per heavy atom. The summed E-state index contributed by atoms with van der Waals surface area (Å²) in [5.74, 6) is -0.402. The summed E-state index contributed by atoms with van der Waals surface area (Å²) < 4.78 is 11.0. The summed E-state index contributed by atoms with van der Waals surface area (Å²) in [6.45, 7) is 1.52. The first-order valence-corrected chi connectivity index (χ1v) is 5.88. The van der Waals surface area contributed by atoms with Gasteiger partial charge in [0.1, 0.15) is 12.6 Å². The van der Waals surface area contributed by atoms with Gasteiger partial charge >= 0.3 is 5.97 Å². The average Bonchev–Trinajstić information content (AvgIpc) is 2.44. The molecule has 1 aromatic rings. The van der Waals surface area contributed by atoms with Gasteiger partial charge in [0.2, 0.25) is 6.10 Å². The molecule has 1 aliphatic rings. The second-order valence-corrected chi connectivity index (χ2v) is 4.33. The molecule has 1 N–H and O–H groups in total. The molecule has 1 heterocycles. The summed E-state index contributed by atoms with van der Waals surface area (Å²) in [6, 6.07) is 6.13. The van der Waals surface area contributed by atoms with Crippen LogP contribution in [-0.4, -0.2) is 47.7 Å². The molecule has 1 amide bonds. The van der Waals surface area contributed by atoms with Crippen LogP contribution in [0.25, 0.3) is 0 Å². The average molecular weight is 265 g/mol. The molecule has 2 atom stereocenters. The minimum Gasteiger partial charge on any atom is -0.485 e. The van der Waals surface area contributed by atoms with E-state index in [-0.39, 0.29) is 6.61 Å².